The average molecular weight is 336 g/mol. The average Bonchev–Trinajstić information content (AvgIpc) is 2.98. The maximum atomic E-state index is 12.1. The van der Waals surface area contributed by atoms with E-state index in [1.54, 1.807) is 38.1 Å². The zero-order valence-electron chi connectivity index (χ0n) is 13.1. The third kappa shape index (κ3) is 5.22. The van der Waals surface area contributed by atoms with Gasteiger partial charge in [0.1, 0.15) is 6.26 Å². The first-order valence-corrected chi connectivity index (χ1v) is 8.90. The molecule has 1 aromatic carbocycles. The van der Waals surface area contributed by atoms with Crippen molar-refractivity contribution in [1.29, 1.82) is 0 Å². The molecule has 0 aliphatic rings. The second kappa shape index (κ2) is 7.43. The third-order valence-electron chi connectivity index (χ3n) is 3.10. The fraction of sp³-hybridized carbons (Fsp3) is 0.312. The van der Waals surface area contributed by atoms with E-state index in [0.29, 0.717) is 11.1 Å². The van der Waals surface area contributed by atoms with Crippen molar-refractivity contribution in [1.82, 2.24) is 10.0 Å². The van der Waals surface area contributed by atoms with Crippen LogP contribution in [0.4, 0.5) is 0 Å². The summed E-state index contributed by atoms with van der Waals surface area (Å²) in [5, 5.41) is 2.75. The molecule has 0 saturated heterocycles. The number of hydrogen-bond donors (Lipinski definition) is 2. The van der Waals surface area contributed by atoms with Gasteiger partial charge < -0.3 is 9.73 Å². The highest BCUT2D eigenvalue weighted by atomic mass is 32.2. The molecule has 0 saturated carbocycles. The molecule has 0 atom stereocenters. The molecular formula is C16H20N2O4S. The number of carbonyl (C=O) groups is 1. The lowest BCUT2D eigenvalue weighted by Gasteiger charge is -2.13. The lowest BCUT2D eigenvalue weighted by Crippen LogP contribution is -2.31. The summed E-state index contributed by atoms with van der Waals surface area (Å²) in [6.45, 7) is 3.79. The summed E-state index contributed by atoms with van der Waals surface area (Å²) < 4.78 is 31.6. The lowest BCUT2D eigenvalue weighted by atomic mass is 10.1. The third-order valence-corrected chi connectivity index (χ3v) is 4.62. The quantitative estimate of drug-likeness (QED) is 0.810. The summed E-state index contributed by atoms with van der Waals surface area (Å²) in [6, 6.07) is 8.55. The van der Waals surface area contributed by atoms with E-state index in [4.69, 9.17) is 4.42 Å². The Bertz CT molecular complexity index is 752. The van der Waals surface area contributed by atoms with Gasteiger partial charge in [0.05, 0.1) is 17.6 Å². The van der Waals surface area contributed by atoms with Crippen LogP contribution in [0.1, 0.15) is 35.3 Å². The molecule has 0 fully saturated rings. The topological polar surface area (TPSA) is 88.4 Å². The van der Waals surface area contributed by atoms with Gasteiger partial charge in [-0.3, -0.25) is 4.79 Å². The normalized spacial score (nSPS) is 11.6. The predicted molar refractivity (Wildman–Crippen MR) is 87.2 cm³/mol. The fourth-order valence-electron chi connectivity index (χ4n) is 2.15. The van der Waals surface area contributed by atoms with Crippen LogP contribution in [0.25, 0.3) is 0 Å². The van der Waals surface area contributed by atoms with E-state index in [-0.39, 0.29) is 24.2 Å². The molecule has 2 aromatic rings. The van der Waals surface area contributed by atoms with Crippen molar-refractivity contribution < 1.29 is 17.6 Å². The Hall–Kier alpha value is -2.12. The van der Waals surface area contributed by atoms with Gasteiger partial charge in [0.2, 0.25) is 10.0 Å². The number of rotatable bonds is 7. The molecule has 0 bridgehead atoms. The first-order valence-electron chi connectivity index (χ1n) is 7.24. The van der Waals surface area contributed by atoms with Gasteiger partial charge in [-0.15, -0.1) is 0 Å². The number of sulfonamides is 1. The maximum Gasteiger partial charge on any atom is 0.254 e. The molecule has 2 rings (SSSR count). The summed E-state index contributed by atoms with van der Waals surface area (Å²) in [5.41, 5.74) is 1.85. The first-order chi connectivity index (χ1) is 10.9. The Balaban J connectivity index is 2.07. The van der Waals surface area contributed by atoms with Crippen molar-refractivity contribution in [2.75, 3.05) is 0 Å². The number of nitrogens with one attached hydrogen (secondary N) is 2. The van der Waals surface area contributed by atoms with Gasteiger partial charge in [-0.1, -0.05) is 24.3 Å². The Morgan fingerprint density at radius 3 is 2.48 bits per heavy atom. The lowest BCUT2D eigenvalue weighted by molar-refractivity contribution is 0.0950. The SMILES string of the molecule is CC(C)NS(=O)(=O)Cc1ccccc1CNC(=O)c1ccoc1. The minimum Gasteiger partial charge on any atom is -0.472 e. The molecule has 124 valence electrons. The number of benzene rings is 1. The molecule has 23 heavy (non-hydrogen) atoms. The molecule has 0 radical (unpaired) electrons. The Kier molecular flexibility index (Phi) is 5.57. The Morgan fingerprint density at radius 2 is 1.87 bits per heavy atom. The van der Waals surface area contributed by atoms with Gasteiger partial charge in [-0.25, -0.2) is 13.1 Å². The second-order valence-corrected chi connectivity index (χ2v) is 7.25. The largest absolute Gasteiger partial charge is 0.472 e. The van der Waals surface area contributed by atoms with Gasteiger partial charge in [0.15, 0.2) is 0 Å². The van der Waals surface area contributed by atoms with Crippen molar-refractivity contribution in [3.63, 3.8) is 0 Å². The molecule has 1 heterocycles. The summed E-state index contributed by atoms with van der Waals surface area (Å²) in [7, 11) is -3.42. The van der Waals surface area contributed by atoms with Gasteiger partial charge in [-0.05, 0) is 31.0 Å². The van der Waals surface area contributed by atoms with Crippen LogP contribution in [0, 0.1) is 0 Å². The van der Waals surface area contributed by atoms with Crippen molar-refractivity contribution in [2.45, 2.75) is 32.2 Å². The molecule has 6 nitrogen and oxygen atoms in total. The summed E-state index contributed by atoms with van der Waals surface area (Å²) in [4.78, 5) is 11.9. The number of furan rings is 1. The number of carbonyl (C=O) groups excluding carboxylic acids is 1. The molecular weight excluding hydrogens is 316 g/mol. The van der Waals surface area contributed by atoms with Crippen molar-refractivity contribution in [3.05, 3.63) is 59.5 Å². The van der Waals surface area contributed by atoms with Crippen LogP contribution >= 0.6 is 0 Å². The zero-order valence-corrected chi connectivity index (χ0v) is 13.9. The maximum absolute atomic E-state index is 12.1. The van der Waals surface area contributed by atoms with E-state index in [1.807, 2.05) is 6.07 Å². The molecule has 0 unspecified atom stereocenters. The highest BCUT2D eigenvalue weighted by Crippen LogP contribution is 2.13. The second-order valence-electron chi connectivity index (χ2n) is 5.50. The van der Waals surface area contributed by atoms with E-state index in [0.717, 1.165) is 5.56 Å². The summed E-state index contributed by atoms with van der Waals surface area (Å²) in [6.07, 6.45) is 2.78. The Labute approximate surface area is 135 Å². The first kappa shape index (κ1) is 17.2. The Morgan fingerprint density at radius 1 is 1.17 bits per heavy atom. The molecule has 0 aliphatic carbocycles. The van der Waals surface area contributed by atoms with E-state index in [2.05, 4.69) is 10.0 Å². The van der Waals surface area contributed by atoms with Crippen molar-refractivity contribution >= 4 is 15.9 Å². The molecule has 2 N–H and O–H groups in total. The van der Waals surface area contributed by atoms with Crippen LogP contribution < -0.4 is 10.0 Å². The van der Waals surface area contributed by atoms with E-state index in [9.17, 15) is 13.2 Å². The highest BCUT2D eigenvalue weighted by molar-refractivity contribution is 7.88. The van der Waals surface area contributed by atoms with Crippen LogP contribution in [-0.2, 0) is 22.3 Å². The fourth-order valence-corrected chi connectivity index (χ4v) is 3.64. The van der Waals surface area contributed by atoms with E-state index < -0.39 is 10.0 Å². The van der Waals surface area contributed by atoms with Gasteiger partial charge in [0.25, 0.3) is 5.91 Å². The van der Waals surface area contributed by atoms with Gasteiger partial charge in [0, 0.05) is 12.6 Å². The van der Waals surface area contributed by atoms with Crippen LogP contribution in [0.15, 0.2) is 47.3 Å². The smallest absolute Gasteiger partial charge is 0.254 e. The minimum atomic E-state index is -3.42. The number of amides is 1. The number of hydrogen-bond acceptors (Lipinski definition) is 4. The molecule has 7 heteroatoms. The van der Waals surface area contributed by atoms with E-state index in [1.165, 1.54) is 12.5 Å². The van der Waals surface area contributed by atoms with Crippen molar-refractivity contribution in [2.24, 2.45) is 0 Å². The minimum absolute atomic E-state index is 0.122. The monoisotopic (exact) mass is 336 g/mol. The predicted octanol–water partition coefficient (Wildman–Crippen LogP) is 2.04. The standard InChI is InChI=1S/C16H20N2O4S/c1-12(2)18-23(20,21)11-15-6-4-3-5-13(15)9-17-16(19)14-7-8-22-10-14/h3-8,10,12,18H,9,11H2,1-2H3,(H,17,19). The van der Waals surface area contributed by atoms with Crippen LogP contribution in [0.3, 0.4) is 0 Å². The van der Waals surface area contributed by atoms with Crippen LogP contribution in [0.5, 0.6) is 0 Å². The molecule has 0 spiro atoms. The summed E-state index contributed by atoms with van der Waals surface area (Å²) >= 11 is 0. The highest BCUT2D eigenvalue weighted by Gasteiger charge is 2.15. The van der Waals surface area contributed by atoms with E-state index >= 15 is 0 Å². The zero-order chi connectivity index (χ0) is 16.9. The molecule has 0 aliphatic heterocycles. The summed E-state index contributed by atoms with van der Waals surface area (Å²) in [5.74, 6) is -0.389. The molecule has 1 aromatic heterocycles. The van der Waals surface area contributed by atoms with Gasteiger partial charge in [-0.2, -0.15) is 0 Å². The van der Waals surface area contributed by atoms with Crippen LogP contribution in [0.2, 0.25) is 0 Å². The molecule has 1 amide bonds. The van der Waals surface area contributed by atoms with Crippen molar-refractivity contribution in [3.8, 4) is 0 Å². The van der Waals surface area contributed by atoms with Gasteiger partial charge >= 0.3 is 0 Å². The van der Waals surface area contributed by atoms with Crippen LogP contribution in [-0.4, -0.2) is 20.4 Å².